The lowest BCUT2D eigenvalue weighted by atomic mass is 9.72. The molecule has 140 valence electrons. The molecular formula is C20H26N2O4. The van der Waals surface area contributed by atoms with Gasteiger partial charge in [-0.15, -0.1) is 0 Å². The summed E-state index contributed by atoms with van der Waals surface area (Å²) in [5.41, 5.74) is 1.06. The monoisotopic (exact) mass is 358 g/mol. The van der Waals surface area contributed by atoms with Gasteiger partial charge in [-0.05, 0) is 44.7 Å². The molecule has 1 aromatic heterocycles. The van der Waals surface area contributed by atoms with Crippen LogP contribution in [-0.2, 0) is 16.1 Å². The molecule has 2 aliphatic rings. The first-order valence-corrected chi connectivity index (χ1v) is 9.62. The molecule has 0 radical (unpaired) electrons. The molecule has 0 unspecified atom stereocenters. The van der Waals surface area contributed by atoms with Crippen LogP contribution in [-0.4, -0.2) is 40.7 Å². The smallest absolute Gasteiger partial charge is 0.419 e. The Kier molecular flexibility index (Phi) is 4.39. The molecule has 0 spiro atoms. The zero-order valence-corrected chi connectivity index (χ0v) is 15.4. The molecule has 2 fully saturated rings. The van der Waals surface area contributed by atoms with Crippen molar-refractivity contribution in [3.63, 3.8) is 0 Å². The molecule has 2 bridgehead atoms. The summed E-state index contributed by atoms with van der Waals surface area (Å²) in [6, 6.07) is 8.12. The van der Waals surface area contributed by atoms with Crippen LogP contribution < -0.4 is 5.76 Å². The molecular weight excluding hydrogens is 332 g/mol. The van der Waals surface area contributed by atoms with Crippen LogP contribution in [0.3, 0.4) is 0 Å². The molecule has 3 atom stereocenters. The van der Waals surface area contributed by atoms with Crippen molar-refractivity contribution in [3.05, 3.63) is 34.8 Å². The quantitative estimate of drug-likeness (QED) is 0.743. The van der Waals surface area contributed by atoms with Crippen LogP contribution in [0.1, 0.15) is 39.5 Å². The minimum atomic E-state index is -0.387. The summed E-state index contributed by atoms with van der Waals surface area (Å²) in [5, 5.41) is 0. The van der Waals surface area contributed by atoms with Gasteiger partial charge in [0, 0.05) is 25.2 Å². The topological polar surface area (TPSA) is 64.7 Å². The number of aromatic nitrogens is 1. The second-order valence-corrected chi connectivity index (χ2v) is 7.41. The fourth-order valence-electron chi connectivity index (χ4n) is 5.10. The van der Waals surface area contributed by atoms with Gasteiger partial charge in [-0.3, -0.25) is 14.3 Å². The average Bonchev–Trinajstić information content (AvgIpc) is 3.28. The van der Waals surface area contributed by atoms with Crippen molar-refractivity contribution in [2.75, 3.05) is 13.2 Å². The molecule has 6 nitrogen and oxygen atoms in total. The first kappa shape index (κ1) is 17.3. The van der Waals surface area contributed by atoms with Crippen molar-refractivity contribution in [1.82, 2.24) is 9.47 Å². The molecule has 2 aromatic rings. The Labute approximate surface area is 152 Å². The van der Waals surface area contributed by atoms with Crippen LogP contribution in [0, 0.1) is 5.41 Å². The van der Waals surface area contributed by atoms with E-state index in [-0.39, 0.29) is 23.2 Å². The summed E-state index contributed by atoms with van der Waals surface area (Å²) in [6.07, 6.45) is 3.82. The lowest BCUT2D eigenvalue weighted by Gasteiger charge is -2.34. The van der Waals surface area contributed by atoms with Gasteiger partial charge < -0.3 is 9.15 Å². The molecule has 2 aliphatic heterocycles. The fourth-order valence-corrected chi connectivity index (χ4v) is 5.10. The summed E-state index contributed by atoms with van der Waals surface area (Å²) < 4.78 is 12.4. The van der Waals surface area contributed by atoms with Gasteiger partial charge in [0.05, 0.1) is 17.5 Å². The standard InChI is InChI=1S/C20H26N2O4/c1-3-20(18(23)25-4-2)13-14-9-10-17(20)21(14)11-12-22-15-7-5-6-8-16(15)26-19(22)24/h5-8,14,17H,3-4,9-13H2,1-2H3/t14-,17+,20+/m0/s1. The normalized spacial score (nSPS) is 28.1. The molecule has 6 heteroatoms. The van der Waals surface area contributed by atoms with E-state index >= 15 is 0 Å². The van der Waals surface area contributed by atoms with E-state index in [0.29, 0.717) is 24.8 Å². The molecule has 26 heavy (non-hydrogen) atoms. The number of fused-ring (bicyclic) bond motifs is 3. The van der Waals surface area contributed by atoms with Crippen molar-refractivity contribution < 1.29 is 13.9 Å². The number of rotatable bonds is 6. The zero-order chi connectivity index (χ0) is 18.3. The highest BCUT2D eigenvalue weighted by atomic mass is 16.5. The van der Waals surface area contributed by atoms with Crippen molar-refractivity contribution in [2.45, 2.75) is 58.2 Å². The molecule has 0 amide bonds. The van der Waals surface area contributed by atoms with Crippen LogP contribution >= 0.6 is 0 Å². The highest BCUT2D eigenvalue weighted by Crippen LogP contribution is 2.52. The molecule has 3 heterocycles. The summed E-state index contributed by atoms with van der Waals surface area (Å²) in [6.45, 7) is 5.70. The maximum absolute atomic E-state index is 12.7. The lowest BCUT2D eigenvalue weighted by molar-refractivity contribution is -0.157. The summed E-state index contributed by atoms with van der Waals surface area (Å²) in [7, 11) is 0. The first-order valence-electron chi connectivity index (χ1n) is 9.62. The van der Waals surface area contributed by atoms with Gasteiger partial charge in [0.15, 0.2) is 5.58 Å². The number of hydrogen-bond acceptors (Lipinski definition) is 5. The third kappa shape index (κ3) is 2.50. The first-order chi connectivity index (χ1) is 12.6. The fraction of sp³-hybridized carbons (Fsp3) is 0.600. The van der Waals surface area contributed by atoms with E-state index < -0.39 is 0 Å². The van der Waals surface area contributed by atoms with E-state index in [2.05, 4.69) is 11.8 Å². The number of carbonyl (C=O) groups is 1. The van der Waals surface area contributed by atoms with Crippen LogP contribution in [0.4, 0.5) is 0 Å². The van der Waals surface area contributed by atoms with E-state index in [1.807, 2.05) is 31.2 Å². The van der Waals surface area contributed by atoms with Gasteiger partial charge in [-0.25, -0.2) is 4.79 Å². The van der Waals surface area contributed by atoms with Gasteiger partial charge in [0.2, 0.25) is 0 Å². The Morgan fingerprint density at radius 3 is 2.85 bits per heavy atom. The van der Waals surface area contributed by atoms with Crippen molar-refractivity contribution in [2.24, 2.45) is 5.41 Å². The van der Waals surface area contributed by atoms with E-state index in [0.717, 1.165) is 37.7 Å². The van der Waals surface area contributed by atoms with Crippen molar-refractivity contribution in [1.29, 1.82) is 0 Å². The largest absolute Gasteiger partial charge is 0.466 e. The highest BCUT2D eigenvalue weighted by molar-refractivity contribution is 5.78. The van der Waals surface area contributed by atoms with Crippen molar-refractivity contribution in [3.8, 4) is 0 Å². The van der Waals surface area contributed by atoms with Gasteiger partial charge in [0.1, 0.15) is 0 Å². The number of nitrogens with zero attached hydrogens (tertiary/aromatic N) is 2. The minimum Gasteiger partial charge on any atom is -0.466 e. The predicted octanol–water partition coefficient (Wildman–Crippen LogP) is 2.79. The molecule has 2 saturated heterocycles. The minimum absolute atomic E-state index is 0.0503. The van der Waals surface area contributed by atoms with Crippen LogP contribution in [0.2, 0.25) is 0 Å². The number of benzene rings is 1. The molecule has 4 rings (SSSR count). The lowest BCUT2D eigenvalue weighted by Crippen LogP contribution is -2.44. The van der Waals surface area contributed by atoms with Crippen molar-refractivity contribution >= 4 is 17.1 Å². The molecule has 0 aliphatic carbocycles. The number of carbonyl (C=O) groups excluding carboxylic acids is 1. The Bertz CT molecular complexity index is 870. The molecule has 1 aromatic carbocycles. The van der Waals surface area contributed by atoms with Crippen LogP contribution in [0.15, 0.2) is 33.5 Å². The van der Waals surface area contributed by atoms with Gasteiger partial charge >= 0.3 is 11.7 Å². The van der Waals surface area contributed by atoms with Crippen LogP contribution in [0.25, 0.3) is 11.1 Å². The predicted molar refractivity (Wildman–Crippen MR) is 98.0 cm³/mol. The third-order valence-electron chi connectivity index (χ3n) is 6.35. The Hall–Kier alpha value is -2.08. The van der Waals surface area contributed by atoms with Crippen LogP contribution in [0.5, 0.6) is 0 Å². The maximum Gasteiger partial charge on any atom is 0.419 e. The number of oxazole rings is 1. The summed E-state index contributed by atoms with van der Waals surface area (Å²) in [5.74, 6) is -0.365. The summed E-state index contributed by atoms with van der Waals surface area (Å²) in [4.78, 5) is 27.3. The third-order valence-corrected chi connectivity index (χ3v) is 6.35. The SMILES string of the molecule is CCOC(=O)[C@]1(CC)C[C@@H]2CC[C@H]1N2CCn1c(=O)oc2ccccc21. The van der Waals surface area contributed by atoms with Gasteiger partial charge in [0.25, 0.3) is 0 Å². The number of esters is 1. The Morgan fingerprint density at radius 1 is 1.27 bits per heavy atom. The molecule has 0 N–H and O–H groups in total. The molecule has 0 saturated carbocycles. The maximum atomic E-state index is 12.7. The van der Waals surface area contributed by atoms with E-state index in [9.17, 15) is 9.59 Å². The number of ether oxygens (including phenoxy) is 1. The number of para-hydroxylation sites is 2. The summed E-state index contributed by atoms with van der Waals surface area (Å²) >= 11 is 0. The van der Waals surface area contributed by atoms with Gasteiger partial charge in [-0.2, -0.15) is 0 Å². The zero-order valence-electron chi connectivity index (χ0n) is 15.4. The Morgan fingerprint density at radius 2 is 2.08 bits per heavy atom. The van der Waals surface area contributed by atoms with E-state index in [4.69, 9.17) is 9.15 Å². The van der Waals surface area contributed by atoms with E-state index in [1.165, 1.54) is 0 Å². The number of hydrogen-bond donors (Lipinski definition) is 0. The Balaban J connectivity index is 1.55. The van der Waals surface area contributed by atoms with E-state index in [1.54, 1.807) is 4.57 Å². The second-order valence-electron chi connectivity index (χ2n) is 7.41. The highest BCUT2D eigenvalue weighted by Gasteiger charge is 2.59. The second kappa shape index (κ2) is 6.58. The average molecular weight is 358 g/mol. The van der Waals surface area contributed by atoms with Gasteiger partial charge in [-0.1, -0.05) is 19.1 Å².